The quantitative estimate of drug-likeness (QED) is 0.880. The van der Waals surface area contributed by atoms with E-state index in [0.29, 0.717) is 6.42 Å². The number of benzene rings is 1. The number of aryl methyl sites for hydroxylation is 1. The van der Waals surface area contributed by atoms with Crippen molar-refractivity contribution in [3.8, 4) is 0 Å². The van der Waals surface area contributed by atoms with Crippen molar-refractivity contribution in [1.29, 1.82) is 0 Å². The Bertz CT molecular complexity index is 550. The van der Waals surface area contributed by atoms with Gasteiger partial charge in [-0.1, -0.05) is 18.2 Å². The van der Waals surface area contributed by atoms with E-state index in [1.165, 1.54) is 10.9 Å². The molecule has 3 nitrogen and oxygen atoms in total. The van der Waals surface area contributed by atoms with Gasteiger partial charge in [0.2, 0.25) is 5.91 Å². The van der Waals surface area contributed by atoms with Gasteiger partial charge in [-0.05, 0) is 30.7 Å². The highest BCUT2D eigenvalue weighted by atomic mass is 32.2. The monoisotopic (exact) mass is 276 g/mol. The number of hydrogen-bond acceptors (Lipinski definition) is 2. The number of nitrogens with one attached hydrogen (secondary N) is 1. The van der Waals surface area contributed by atoms with Crippen LogP contribution in [0.2, 0.25) is 0 Å². The largest absolute Gasteiger partial charge is 0.353 e. The number of carbonyl (C=O) groups excluding carboxylic acids is 1. The van der Waals surface area contributed by atoms with Gasteiger partial charge < -0.3 is 9.88 Å². The lowest BCUT2D eigenvalue weighted by molar-refractivity contribution is -0.121. The molecule has 0 aliphatic heterocycles. The summed E-state index contributed by atoms with van der Waals surface area (Å²) in [5.41, 5.74) is 1.19. The summed E-state index contributed by atoms with van der Waals surface area (Å²) >= 11 is 1.75. The lowest BCUT2D eigenvalue weighted by Crippen LogP contribution is -2.34. The first-order chi connectivity index (χ1) is 9.20. The first kappa shape index (κ1) is 14.0. The normalized spacial score (nSPS) is 12.5. The highest BCUT2D eigenvalue weighted by Crippen LogP contribution is 2.15. The molecule has 0 unspecified atom stereocenters. The summed E-state index contributed by atoms with van der Waals surface area (Å²) in [5, 5.41) is 4.24. The number of thioether (sulfide) groups is 1. The molecule has 4 heteroatoms. The first-order valence-electron chi connectivity index (χ1n) is 6.53. The van der Waals surface area contributed by atoms with E-state index >= 15 is 0 Å². The van der Waals surface area contributed by atoms with Crippen LogP contribution >= 0.6 is 11.8 Å². The molecule has 19 heavy (non-hydrogen) atoms. The molecular weight excluding hydrogens is 256 g/mol. The fourth-order valence-corrected chi connectivity index (χ4v) is 2.78. The number of aromatic nitrogens is 1. The Morgan fingerprint density at radius 2 is 2.16 bits per heavy atom. The molecule has 102 valence electrons. The maximum Gasteiger partial charge on any atom is 0.222 e. The van der Waals surface area contributed by atoms with E-state index < -0.39 is 0 Å². The molecule has 0 aliphatic carbocycles. The van der Waals surface area contributed by atoms with Crippen molar-refractivity contribution in [3.05, 3.63) is 36.5 Å². The van der Waals surface area contributed by atoms with Crippen molar-refractivity contribution < 1.29 is 4.79 Å². The molecular formula is C15H20N2OS. The summed E-state index contributed by atoms with van der Waals surface area (Å²) < 4.78 is 2.13. The Morgan fingerprint density at radius 1 is 1.37 bits per heavy atom. The van der Waals surface area contributed by atoms with Crippen LogP contribution in [0.1, 0.15) is 13.3 Å². The van der Waals surface area contributed by atoms with Crippen LogP contribution in [-0.2, 0) is 11.3 Å². The molecule has 1 heterocycles. The Hall–Kier alpha value is -1.42. The van der Waals surface area contributed by atoms with Crippen LogP contribution < -0.4 is 5.32 Å². The van der Waals surface area contributed by atoms with Crippen LogP contribution in [0.25, 0.3) is 10.9 Å². The van der Waals surface area contributed by atoms with Crippen molar-refractivity contribution >= 4 is 28.6 Å². The van der Waals surface area contributed by atoms with Crippen molar-refractivity contribution in [2.75, 3.05) is 12.0 Å². The summed E-state index contributed by atoms with van der Waals surface area (Å²) in [6.45, 7) is 2.77. The number of fused-ring (bicyclic) bond motifs is 1. The van der Waals surface area contributed by atoms with Gasteiger partial charge in [0, 0.05) is 36.5 Å². The van der Waals surface area contributed by atoms with Gasteiger partial charge in [0.25, 0.3) is 0 Å². The molecule has 0 radical (unpaired) electrons. The molecule has 1 aromatic heterocycles. The molecule has 1 aromatic carbocycles. The van der Waals surface area contributed by atoms with Crippen molar-refractivity contribution in [3.63, 3.8) is 0 Å². The summed E-state index contributed by atoms with van der Waals surface area (Å²) in [6.07, 6.45) is 4.62. The van der Waals surface area contributed by atoms with Crippen LogP contribution in [0.3, 0.4) is 0 Å². The molecule has 2 rings (SSSR count). The molecule has 1 atom stereocenters. The van der Waals surface area contributed by atoms with Gasteiger partial charge in [0.15, 0.2) is 0 Å². The zero-order valence-electron chi connectivity index (χ0n) is 11.4. The number of amides is 1. The third-order valence-corrected chi connectivity index (χ3v) is 3.92. The fraction of sp³-hybridized carbons (Fsp3) is 0.400. The third-order valence-electron chi connectivity index (χ3n) is 3.08. The van der Waals surface area contributed by atoms with Crippen LogP contribution in [0, 0.1) is 0 Å². The summed E-state index contributed by atoms with van der Waals surface area (Å²) in [7, 11) is 0. The van der Waals surface area contributed by atoms with E-state index in [0.717, 1.165) is 12.3 Å². The van der Waals surface area contributed by atoms with Crippen molar-refractivity contribution in [2.45, 2.75) is 25.9 Å². The Kier molecular flexibility index (Phi) is 4.91. The topological polar surface area (TPSA) is 34.0 Å². The molecule has 2 aromatic rings. The minimum absolute atomic E-state index is 0.124. The fourth-order valence-electron chi connectivity index (χ4n) is 2.20. The SMILES string of the molecule is CSC[C@@H](C)NC(=O)CCn1ccc2ccccc21. The van der Waals surface area contributed by atoms with E-state index in [4.69, 9.17) is 0 Å². The van der Waals surface area contributed by atoms with Gasteiger partial charge in [-0.15, -0.1) is 0 Å². The smallest absolute Gasteiger partial charge is 0.222 e. The van der Waals surface area contributed by atoms with Crippen molar-refractivity contribution in [2.24, 2.45) is 0 Å². The summed E-state index contributed by atoms with van der Waals surface area (Å²) in [4.78, 5) is 11.8. The number of para-hydroxylation sites is 1. The molecule has 0 aliphatic rings. The highest BCUT2D eigenvalue weighted by molar-refractivity contribution is 7.98. The standard InChI is InChI=1S/C15H20N2OS/c1-12(11-19-2)16-15(18)8-10-17-9-7-13-5-3-4-6-14(13)17/h3-7,9,12H,8,10-11H2,1-2H3,(H,16,18)/t12-/m1/s1. The van der Waals surface area contributed by atoms with Gasteiger partial charge in [-0.3, -0.25) is 4.79 Å². The summed E-state index contributed by atoms with van der Waals surface area (Å²) in [6, 6.07) is 10.6. The number of rotatable bonds is 6. The maximum atomic E-state index is 11.8. The van der Waals surface area contributed by atoms with Crippen LogP contribution in [0.5, 0.6) is 0 Å². The Balaban J connectivity index is 1.90. The summed E-state index contributed by atoms with van der Waals surface area (Å²) in [5.74, 6) is 1.08. The van der Waals surface area contributed by atoms with Crippen molar-refractivity contribution in [1.82, 2.24) is 9.88 Å². The number of hydrogen-bond donors (Lipinski definition) is 1. The predicted octanol–water partition coefficient (Wildman–Crippen LogP) is 2.90. The number of nitrogens with zero attached hydrogens (tertiary/aromatic N) is 1. The molecule has 0 saturated carbocycles. The lowest BCUT2D eigenvalue weighted by atomic mass is 10.2. The van der Waals surface area contributed by atoms with E-state index in [2.05, 4.69) is 34.3 Å². The third kappa shape index (κ3) is 3.77. The zero-order chi connectivity index (χ0) is 13.7. The highest BCUT2D eigenvalue weighted by Gasteiger charge is 2.07. The average Bonchev–Trinajstić information content (AvgIpc) is 2.80. The van der Waals surface area contributed by atoms with E-state index in [-0.39, 0.29) is 11.9 Å². The van der Waals surface area contributed by atoms with Gasteiger partial charge in [0.1, 0.15) is 0 Å². The lowest BCUT2D eigenvalue weighted by Gasteiger charge is -2.12. The van der Waals surface area contributed by atoms with Gasteiger partial charge in [-0.2, -0.15) is 11.8 Å². The molecule has 1 N–H and O–H groups in total. The molecule has 0 bridgehead atoms. The molecule has 0 spiro atoms. The predicted molar refractivity (Wildman–Crippen MR) is 82.5 cm³/mol. The Morgan fingerprint density at radius 3 is 2.95 bits per heavy atom. The minimum Gasteiger partial charge on any atom is -0.353 e. The van der Waals surface area contributed by atoms with Gasteiger partial charge in [-0.25, -0.2) is 0 Å². The molecule has 0 fully saturated rings. The Labute approximate surface area is 118 Å². The molecule has 1 amide bonds. The average molecular weight is 276 g/mol. The van der Waals surface area contributed by atoms with E-state index in [1.807, 2.05) is 25.3 Å². The van der Waals surface area contributed by atoms with E-state index in [1.54, 1.807) is 11.8 Å². The first-order valence-corrected chi connectivity index (χ1v) is 7.92. The van der Waals surface area contributed by atoms with Crippen LogP contribution in [-0.4, -0.2) is 28.5 Å². The number of carbonyl (C=O) groups is 1. The maximum absolute atomic E-state index is 11.8. The van der Waals surface area contributed by atoms with E-state index in [9.17, 15) is 4.79 Å². The second kappa shape index (κ2) is 6.66. The molecule has 0 saturated heterocycles. The van der Waals surface area contributed by atoms with Crippen LogP contribution in [0.4, 0.5) is 0 Å². The van der Waals surface area contributed by atoms with Gasteiger partial charge in [0.05, 0.1) is 0 Å². The van der Waals surface area contributed by atoms with Gasteiger partial charge >= 0.3 is 0 Å². The van der Waals surface area contributed by atoms with Crippen LogP contribution in [0.15, 0.2) is 36.5 Å². The second-order valence-corrected chi connectivity index (χ2v) is 5.65. The second-order valence-electron chi connectivity index (χ2n) is 4.74. The minimum atomic E-state index is 0.124. The zero-order valence-corrected chi connectivity index (χ0v) is 12.2.